The second-order valence-corrected chi connectivity index (χ2v) is 11.7. The van der Waals surface area contributed by atoms with Crippen molar-refractivity contribution in [2.45, 2.75) is 38.5 Å². The third kappa shape index (κ3) is 3.64. The molecule has 0 radical (unpaired) electrons. The fourth-order valence-corrected chi connectivity index (χ4v) is 2.89. The molecule has 1 aliphatic carbocycles. The second kappa shape index (κ2) is 4.58. The van der Waals surface area contributed by atoms with Crippen LogP contribution in [0.4, 0.5) is 0 Å². The summed E-state index contributed by atoms with van der Waals surface area (Å²) in [6.07, 6.45) is 5.12. The van der Waals surface area contributed by atoms with Crippen molar-refractivity contribution in [1.29, 1.82) is 0 Å². The van der Waals surface area contributed by atoms with Gasteiger partial charge in [-0.05, 0) is 30.4 Å². The van der Waals surface area contributed by atoms with Crippen LogP contribution in [0.15, 0.2) is 42.0 Å². The quantitative estimate of drug-likeness (QED) is 0.527. The van der Waals surface area contributed by atoms with Gasteiger partial charge in [0.15, 0.2) is 0 Å². The molecule has 1 unspecified atom stereocenters. The van der Waals surface area contributed by atoms with Crippen LogP contribution in [-0.2, 0) is 6.42 Å². The maximum absolute atomic E-state index is 2.53. The summed E-state index contributed by atoms with van der Waals surface area (Å²) in [5, 5.41) is 0. The lowest BCUT2D eigenvalue weighted by atomic mass is 10.1. The molecule has 0 N–H and O–H groups in total. The zero-order valence-corrected chi connectivity index (χ0v) is 11.7. The minimum Gasteiger partial charge on any atom is -0.0877 e. The average molecular weight is 230 g/mol. The first-order chi connectivity index (χ1) is 7.54. The summed E-state index contributed by atoms with van der Waals surface area (Å²) in [5.74, 6) is 0.860. The summed E-state index contributed by atoms with van der Waals surface area (Å²) in [6.45, 7) is 7.33. The van der Waals surface area contributed by atoms with Crippen molar-refractivity contribution in [2.75, 3.05) is 0 Å². The van der Waals surface area contributed by atoms with Gasteiger partial charge in [0, 0.05) is 8.07 Å². The standard InChI is InChI=1S/C15H22Si/c1-16(2,3)10-9-14-12-15(14)11-13-7-5-4-6-8-13/h4-9,15H,10-12H2,1-3H3/b14-9-. The molecule has 1 atom stereocenters. The SMILES string of the molecule is C[Si](C)(C)C/C=C1/CC1Cc1ccccc1. The number of rotatable bonds is 4. The molecule has 0 amide bonds. The van der Waals surface area contributed by atoms with Crippen LogP contribution in [-0.4, -0.2) is 8.07 Å². The van der Waals surface area contributed by atoms with E-state index in [1.165, 1.54) is 24.4 Å². The van der Waals surface area contributed by atoms with Gasteiger partial charge in [-0.1, -0.05) is 61.6 Å². The van der Waals surface area contributed by atoms with E-state index in [0.29, 0.717) is 0 Å². The van der Waals surface area contributed by atoms with Crippen molar-refractivity contribution in [3.8, 4) is 0 Å². The summed E-state index contributed by atoms with van der Waals surface area (Å²) in [7, 11) is -0.878. The first-order valence-corrected chi connectivity index (χ1v) is 9.98. The summed E-state index contributed by atoms with van der Waals surface area (Å²) in [5.41, 5.74) is 3.20. The highest BCUT2D eigenvalue weighted by atomic mass is 28.3. The predicted octanol–water partition coefficient (Wildman–Crippen LogP) is 4.51. The van der Waals surface area contributed by atoms with E-state index in [1.807, 2.05) is 0 Å². The highest BCUT2D eigenvalue weighted by Crippen LogP contribution is 2.41. The molecule has 0 bridgehead atoms. The van der Waals surface area contributed by atoms with Gasteiger partial charge >= 0.3 is 0 Å². The summed E-state index contributed by atoms with van der Waals surface area (Å²) in [4.78, 5) is 0. The van der Waals surface area contributed by atoms with E-state index >= 15 is 0 Å². The lowest BCUT2D eigenvalue weighted by Crippen LogP contribution is -2.17. The van der Waals surface area contributed by atoms with E-state index in [1.54, 1.807) is 5.57 Å². The van der Waals surface area contributed by atoms with Gasteiger partial charge in [-0.2, -0.15) is 0 Å². The van der Waals surface area contributed by atoms with Gasteiger partial charge in [0.2, 0.25) is 0 Å². The molecular weight excluding hydrogens is 208 g/mol. The van der Waals surface area contributed by atoms with Gasteiger partial charge in [0.05, 0.1) is 0 Å². The van der Waals surface area contributed by atoms with Gasteiger partial charge < -0.3 is 0 Å². The molecule has 16 heavy (non-hydrogen) atoms. The van der Waals surface area contributed by atoms with Crippen LogP contribution in [0.2, 0.25) is 25.7 Å². The van der Waals surface area contributed by atoms with Crippen LogP contribution in [0.1, 0.15) is 12.0 Å². The number of allylic oxidation sites excluding steroid dienone is 2. The molecule has 86 valence electrons. The Morgan fingerprint density at radius 2 is 1.88 bits per heavy atom. The Hall–Kier alpha value is -0.823. The Morgan fingerprint density at radius 1 is 1.19 bits per heavy atom. The van der Waals surface area contributed by atoms with Gasteiger partial charge in [-0.25, -0.2) is 0 Å². The van der Waals surface area contributed by atoms with Crippen LogP contribution in [0, 0.1) is 5.92 Å². The van der Waals surface area contributed by atoms with Crippen LogP contribution in [0.5, 0.6) is 0 Å². The molecule has 1 aromatic carbocycles. The lowest BCUT2D eigenvalue weighted by Gasteiger charge is -2.11. The zero-order chi connectivity index (χ0) is 11.6. The molecule has 0 spiro atoms. The van der Waals surface area contributed by atoms with Gasteiger partial charge in [0.25, 0.3) is 0 Å². The number of hydrogen-bond donors (Lipinski definition) is 0. The van der Waals surface area contributed by atoms with E-state index in [-0.39, 0.29) is 0 Å². The third-order valence-electron chi connectivity index (χ3n) is 3.15. The largest absolute Gasteiger partial charge is 0.0877 e. The minimum absolute atomic E-state index is 0.860. The van der Waals surface area contributed by atoms with Crippen LogP contribution < -0.4 is 0 Å². The maximum atomic E-state index is 2.53. The predicted molar refractivity (Wildman–Crippen MR) is 74.5 cm³/mol. The minimum atomic E-state index is -0.878. The van der Waals surface area contributed by atoms with E-state index < -0.39 is 8.07 Å². The molecule has 0 nitrogen and oxygen atoms in total. The second-order valence-electron chi connectivity index (χ2n) is 6.13. The topological polar surface area (TPSA) is 0 Å². The molecule has 1 aromatic rings. The van der Waals surface area contributed by atoms with Gasteiger partial charge in [-0.15, -0.1) is 0 Å². The van der Waals surface area contributed by atoms with Crippen LogP contribution in [0.25, 0.3) is 0 Å². The summed E-state index contributed by atoms with van der Waals surface area (Å²) < 4.78 is 0. The first kappa shape index (κ1) is 11.7. The highest BCUT2D eigenvalue weighted by Gasteiger charge is 2.29. The van der Waals surface area contributed by atoms with Crippen LogP contribution in [0.3, 0.4) is 0 Å². The molecule has 1 fully saturated rings. The van der Waals surface area contributed by atoms with Crippen molar-refractivity contribution in [1.82, 2.24) is 0 Å². The molecule has 2 rings (SSSR count). The number of hydrogen-bond acceptors (Lipinski definition) is 0. The molecule has 0 aliphatic heterocycles. The Morgan fingerprint density at radius 3 is 2.50 bits per heavy atom. The molecule has 1 aliphatic rings. The normalized spacial score (nSPS) is 22.4. The van der Waals surface area contributed by atoms with Crippen molar-refractivity contribution in [2.24, 2.45) is 5.92 Å². The summed E-state index contributed by atoms with van der Waals surface area (Å²) in [6, 6.07) is 12.2. The Labute approximate surface area is 100 Å². The monoisotopic (exact) mass is 230 g/mol. The fraction of sp³-hybridized carbons (Fsp3) is 0.467. The lowest BCUT2D eigenvalue weighted by molar-refractivity contribution is 0.860. The van der Waals surface area contributed by atoms with E-state index in [9.17, 15) is 0 Å². The molecule has 0 saturated heterocycles. The van der Waals surface area contributed by atoms with Crippen LogP contribution >= 0.6 is 0 Å². The fourth-order valence-electron chi connectivity index (χ4n) is 2.01. The Kier molecular flexibility index (Phi) is 3.34. The number of benzene rings is 1. The third-order valence-corrected chi connectivity index (χ3v) is 4.58. The zero-order valence-electron chi connectivity index (χ0n) is 10.7. The van der Waals surface area contributed by atoms with E-state index in [4.69, 9.17) is 0 Å². The van der Waals surface area contributed by atoms with Gasteiger partial charge in [-0.3, -0.25) is 0 Å². The van der Waals surface area contributed by atoms with Crippen molar-refractivity contribution >= 4 is 8.07 Å². The molecule has 0 heterocycles. The van der Waals surface area contributed by atoms with Crippen molar-refractivity contribution in [3.63, 3.8) is 0 Å². The Bertz CT molecular complexity index is 370. The molecule has 0 aromatic heterocycles. The van der Waals surface area contributed by atoms with Crippen molar-refractivity contribution in [3.05, 3.63) is 47.5 Å². The highest BCUT2D eigenvalue weighted by molar-refractivity contribution is 6.76. The van der Waals surface area contributed by atoms with Gasteiger partial charge in [0.1, 0.15) is 0 Å². The van der Waals surface area contributed by atoms with Crippen molar-refractivity contribution < 1.29 is 0 Å². The molecule has 1 saturated carbocycles. The maximum Gasteiger partial charge on any atom is 0.0480 e. The van der Waals surface area contributed by atoms with E-state index in [2.05, 4.69) is 56.0 Å². The molecule has 1 heteroatoms. The smallest absolute Gasteiger partial charge is 0.0480 e. The van der Waals surface area contributed by atoms with E-state index in [0.717, 1.165) is 5.92 Å². The Balaban J connectivity index is 1.84. The average Bonchev–Trinajstić information content (AvgIpc) is 2.94. The summed E-state index contributed by atoms with van der Waals surface area (Å²) >= 11 is 0. The first-order valence-electron chi connectivity index (χ1n) is 6.27. The molecular formula is C15H22Si.